The predicted octanol–water partition coefficient (Wildman–Crippen LogP) is 1.73. The van der Waals surface area contributed by atoms with E-state index in [1.807, 2.05) is 19.9 Å². The lowest BCUT2D eigenvalue weighted by molar-refractivity contribution is 0.0996. The van der Waals surface area contributed by atoms with Crippen LogP contribution in [0.15, 0.2) is 24.3 Å². The van der Waals surface area contributed by atoms with Gasteiger partial charge in [-0.05, 0) is 32.0 Å². The summed E-state index contributed by atoms with van der Waals surface area (Å²) in [6, 6.07) is 6.18. The van der Waals surface area contributed by atoms with E-state index in [4.69, 9.17) is 5.73 Å². The van der Waals surface area contributed by atoms with Crippen molar-refractivity contribution in [2.45, 2.75) is 13.8 Å². The number of carbonyl (C=O) groups excluding carboxylic acids is 1. The second-order valence-electron chi connectivity index (χ2n) is 3.84. The molecule has 0 aliphatic rings. The smallest absolute Gasteiger partial charge is 0.253 e. The van der Waals surface area contributed by atoms with Gasteiger partial charge in [0.25, 0.3) is 5.91 Å². The van der Waals surface area contributed by atoms with Gasteiger partial charge in [-0.15, -0.1) is 0 Å². The summed E-state index contributed by atoms with van der Waals surface area (Å²) < 4.78 is 15.1. The third-order valence-corrected chi connectivity index (χ3v) is 2.48. The average molecular weight is 233 g/mol. The normalized spacial score (nSPS) is 10.5. The minimum absolute atomic E-state index is 0.140. The number of nitrogens with zero attached hydrogens (tertiary/aromatic N) is 2. The molecule has 88 valence electrons. The maximum Gasteiger partial charge on any atom is 0.253 e. The SMILES string of the molecule is Cc1cc(C)n(-c2cccc(F)c2C(N)=O)n1. The summed E-state index contributed by atoms with van der Waals surface area (Å²) in [6.45, 7) is 3.66. The monoisotopic (exact) mass is 233 g/mol. The van der Waals surface area contributed by atoms with E-state index in [0.29, 0.717) is 5.69 Å². The molecule has 2 N–H and O–H groups in total. The summed E-state index contributed by atoms with van der Waals surface area (Å²) in [6.07, 6.45) is 0. The summed E-state index contributed by atoms with van der Waals surface area (Å²) in [5.41, 5.74) is 7.02. The van der Waals surface area contributed by atoms with E-state index >= 15 is 0 Å². The van der Waals surface area contributed by atoms with Crippen LogP contribution in [-0.4, -0.2) is 15.7 Å². The predicted molar refractivity (Wildman–Crippen MR) is 61.5 cm³/mol. The molecule has 0 bridgehead atoms. The first-order chi connectivity index (χ1) is 8.00. The molecule has 1 amide bonds. The van der Waals surface area contributed by atoms with Gasteiger partial charge in [-0.2, -0.15) is 5.10 Å². The van der Waals surface area contributed by atoms with Crippen LogP contribution < -0.4 is 5.73 Å². The molecule has 1 heterocycles. The van der Waals surface area contributed by atoms with Crippen molar-refractivity contribution in [3.8, 4) is 5.69 Å². The highest BCUT2D eigenvalue weighted by Gasteiger charge is 2.16. The molecule has 0 saturated heterocycles. The number of primary amides is 1. The van der Waals surface area contributed by atoms with Crippen molar-refractivity contribution in [2.24, 2.45) is 5.73 Å². The van der Waals surface area contributed by atoms with Crippen LogP contribution in [0.1, 0.15) is 21.7 Å². The number of amides is 1. The fraction of sp³-hybridized carbons (Fsp3) is 0.167. The highest BCUT2D eigenvalue weighted by molar-refractivity contribution is 5.96. The molecular formula is C12H12FN3O. The van der Waals surface area contributed by atoms with Crippen LogP contribution in [0.2, 0.25) is 0 Å². The largest absolute Gasteiger partial charge is 0.365 e. The van der Waals surface area contributed by atoms with Gasteiger partial charge < -0.3 is 5.73 Å². The van der Waals surface area contributed by atoms with Crippen LogP contribution in [0.4, 0.5) is 4.39 Å². The zero-order valence-corrected chi connectivity index (χ0v) is 9.57. The minimum Gasteiger partial charge on any atom is -0.365 e. The molecule has 0 saturated carbocycles. The number of carbonyl (C=O) groups is 1. The second kappa shape index (κ2) is 4.01. The van der Waals surface area contributed by atoms with Gasteiger partial charge in [0.2, 0.25) is 0 Å². The number of halogens is 1. The highest BCUT2D eigenvalue weighted by Crippen LogP contribution is 2.19. The number of aromatic nitrogens is 2. The van der Waals surface area contributed by atoms with Crippen LogP contribution in [0.3, 0.4) is 0 Å². The third-order valence-electron chi connectivity index (χ3n) is 2.48. The number of hydrogen-bond acceptors (Lipinski definition) is 2. The fourth-order valence-electron chi connectivity index (χ4n) is 1.81. The zero-order valence-electron chi connectivity index (χ0n) is 9.57. The van der Waals surface area contributed by atoms with Gasteiger partial charge in [-0.1, -0.05) is 6.07 Å². The van der Waals surface area contributed by atoms with E-state index in [-0.39, 0.29) is 5.56 Å². The van der Waals surface area contributed by atoms with E-state index in [1.165, 1.54) is 16.8 Å². The number of nitrogens with two attached hydrogens (primary N) is 1. The van der Waals surface area contributed by atoms with Crippen molar-refractivity contribution in [1.29, 1.82) is 0 Å². The van der Waals surface area contributed by atoms with Crippen molar-refractivity contribution in [3.63, 3.8) is 0 Å². The Morgan fingerprint density at radius 3 is 2.65 bits per heavy atom. The molecule has 0 atom stereocenters. The molecule has 0 unspecified atom stereocenters. The summed E-state index contributed by atoms with van der Waals surface area (Å²) in [5.74, 6) is -1.44. The zero-order chi connectivity index (χ0) is 12.6. The first kappa shape index (κ1) is 11.3. The first-order valence-electron chi connectivity index (χ1n) is 5.12. The molecule has 4 nitrogen and oxygen atoms in total. The number of aryl methyl sites for hydroxylation is 2. The highest BCUT2D eigenvalue weighted by atomic mass is 19.1. The van der Waals surface area contributed by atoms with Crippen molar-refractivity contribution in [2.75, 3.05) is 0 Å². The van der Waals surface area contributed by atoms with E-state index in [1.54, 1.807) is 6.07 Å². The Morgan fingerprint density at radius 1 is 1.41 bits per heavy atom. The van der Waals surface area contributed by atoms with Gasteiger partial charge in [0.1, 0.15) is 11.4 Å². The van der Waals surface area contributed by atoms with E-state index in [9.17, 15) is 9.18 Å². The van der Waals surface area contributed by atoms with Crippen LogP contribution >= 0.6 is 0 Å². The molecule has 5 heteroatoms. The van der Waals surface area contributed by atoms with Crippen molar-refractivity contribution in [1.82, 2.24) is 9.78 Å². The second-order valence-corrected chi connectivity index (χ2v) is 3.84. The van der Waals surface area contributed by atoms with E-state index in [0.717, 1.165) is 11.4 Å². The molecule has 1 aromatic heterocycles. The lowest BCUT2D eigenvalue weighted by Crippen LogP contribution is -2.17. The standard InChI is InChI=1S/C12H12FN3O/c1-7-6-8(2)16(15-7)10-5-3-4-9(13)11(10)12(14)17/h3-6H,1-2H3,(H2,14,17). The molecule has 2 aromatic rings. The van der Waals surface area contributed by atoms with E-state index < -0.39 is 11.7 Å². The lowest BCUT2D eigenvalue weighted by Gasteiger charge is -2.09. The number of hydrogen-bond donors (Lipinski definition) is 1. The Morgan fingerprint density at radius 2 is 2.12 bits per heavy atom. The summed E-state index contributed by atoms with van der Waals surface area (Å²) in [4.78, 5) is 11.3. The van der Waals surface area contributed by atoms with Gasteiger partial charge in [0, 0.05) is 5.69 Å². The Balaban J connectivity index is 2.71. The van der Waals surface area contributed by atoms with Crippen molar-refractivity contribution >= 4 is 5.91 Å². The molecule has 0 fully saturated rings. The lowest BCUT2D eigenvalue weighted by atomic mass is 10.1. The molecule has 0 aliphatic heterocycles. The minimum atomic E-state index is -0.800. The molecular weight excluding hydrogens is 221 g/mol. The molecule has 0 spiro atoms. The van der Waals surface area contributed by atoms with Crippen LogP contribution in [0.25, 0.3) is 5.69 Å². The van der Waals surface area contributed by atoms with Crippen molar-refractivity contribution < 1.29 is 9.18 Å². The topological polar surface area (TPSA) is 60.9 Å². The summed E-state index contributed by atoms with van der Waals surface area (Å²) >= 11 is 0. The van der Waals surface area contributed by atoms with Crippen LogP contribution in [0, 0.1) is 19.7 Å². The Hall–Kier alpha value is -2.17. The molecule has 0 aliphatic carbocycles. The van der Waals surface area contributed by atoms with Crippen molar-refractivity contribution in [3.05, 3.63) is 47.0 Å². The molecule has 1 aromatic carbocycles. The maximum atomic E-state index is 13.6. The van der Waals surface area contributed by atoms with E-state index in [2.05, 4.69) is 5.10 Å². The molecule has 0 radical (unpaired) electrons. The number of rotatable bonds is 2. The summed E-state index contributed by atoms with van der Waals surface area (Å²) in [7, 11) is 0. The Bertz CT molecular complexity index is 589. The van der Waals surface area contributed by atoms with Crippen LogP contribution in [0.5, 0.6) is 0 Å². The van der Waals surface area contributed by atoms with Gasteiger partial charge in [-0.25, -0.2) is 9.07 Å². The fourth-order valence-corrected chi connectivity index (χ4v) is 1.81. The van der Waals surface area contributed by atoms with Gasteiger partial charge in [0.15, 0.2) is 0 Å². The van der Waals surface area contributed by atoms with Gasteiger partial charge in [0.05, 0.1) is 11.4 Å². The number of benzene rings is 1. The average Bonchev–Trinajstić information content (AvgIpc) is 2.56. The van der Waals surface area contributed by atoms with Gasteiger partial charge in [-0.3, -0.25) is 4.79 Å². The summed E-state index contributed by atoms with van der Waals surface area (Å²) in [5, 5.41) is 4.21. The Kier molecular flexibility index (Phi) is 2.67. The Labute approximate surface area is 97.9 Å². The van der Waals surface area contributed by atoms with Crippen LogP contribution in [-0.2, 0) is 0 Å². The third kappa shape index (κ3) is 1.91. The quantitative estimate of drug-likeness (QED) is 0.858. The molecule has 2 rings (SSSR count). The first-order valence-corrected chi connectivity index (χ1v) is 5.12. The molecule has 17 heavy (non-hydrogen) atoms. The van der Waals surface area contributed by atoms with Gasteiger partial charge >= 0.3 is 0 Å². The maximum absolute atomic E-state index is 13.6.